The van der Waals surface area contributed by atoms with E-state index in [1.54, 1.807) is 0 Å². The summed E-state index contributed by atoms with van der Waals surface area (Å²) in [6, 6.07) is 5.67. The van der Waals surface area contributed by atoms with Gasteiger partial charge in [0.15, 0.2) is 9.84 Å². The average molecular weight is 340 g/mol. The minimum atomic E-state index is -3.16. The molecule has 0 radical (unpaired) electrons. The first kappa shape index (κ1) is 16.9. The van der Waals surface area contributed by atoms with Crippen LogP contribution in [0, 0.1) is 5.92 Å². The van der Waals surface area contributed by atoms with Crippen molar-refractivity contribution in [3.8, 4) is 0 Å². The number of ether oxygens (including phenoxy) is 1. The monoisotopic (exact) mass is 340 g/mol. The largest absolute Gasteiger partial charge is 0.465 e. The van der Waals surface area contributed by atoms with Crippen LogP contribution in [0.5, 0.6) is 0 Å². The fourth-order valence-corrected chi connectivity index (χ4v) is 3.91. The van der Waals surface area contributed by atoms with Crippen LogP contribution >= 0.6 is 0 Å². The molecule has 0 saturated carbocycles. The molecule has 1 aromatic carbocycles. The van der Waals surface area contributed by atoms with Crippen LogP contribution in [-0.2, 0) is 19.4 Å². The number of carbonyl (C=O) groups is 3. The highest BCUT2D eigenvalue weighted by Crippen LogP contribution is 2.18. The van der Waals surface area contributed by atoms with Crippen LogP contribution in [0.3, 0.4) is 0 Å². The van der Waals surface area contributed by atoms with Gasteiger partial charge in [-0.1, -0.05) is 0 Å². The van der Waals surface area contributed by atoms with Gasteiger partial charge >= 0.3 is 5.97 Å². The lowest BCUT2D eigenvalue weighted by Gasteiger charge is -2.10. The standard InChI is InChI=1S/C14H16N2O6S/c1-22-14(19)10-4-2-9(3-5-10)12(17)15-16-13(18)11-6-7-23(20,21)8-11/h2-5,11H,6-8H2,1H3,(H,15,17)(H,16,18)/t11-/m1/s1. The molecule has 0 unspecified atom stereocenters. The van der Waals surface area contributed by atoms with Crippen molar-refractivity contribution in [3.63, 3.8) is 0 Å². The Morgan fingerprint density at radius 3 is 2.22 bits per heavy atom. The molecule has 2 rings (SSSR count). The second-order valence-corrected chi connectivity index (χ2v) is 7.34. The number of hydrazine groups is 1. The van der Waals surface area contributed by atoms with Crippen molar-refractivity contribution in [2.24, 2.45) is 5.92 Å². The zero-order valence-electron chi connectivity index (χ0n) is 12.4. The fourth-order valence-electron chi connectivity index (χ4n) is 2.17. The quantitative estimate of drug-likeness (QED) is 0.574. The highest BCUT2D eigenvalue weighted by atomic mass is 32.2. The zero-order valence-corrected chi connectivity index (χ0v) is 13.2. The molecule has 2 amide bonds. The number of nitrogens with one attached hydrogen (secondary N) is 2. The third-order valence-electron chi connectivity index (χ3n) is 3.47. The number of carbonyl (C=O) groups excluding carboxylic acids is 3. The van der Waals surface area contributed by atoms with Crippen molar-refractivity contribution >= 4 is 27.6 Å². The van der Waals surface area contributed by atoms with E-state index in [2.05, 4.69) is 15.6 Å². The third-order valence-corrected chi connectivity index (χ3v) is 5.24. The highest BCUT2D eigenvalue weighted by molar-refractivity contribution is 7.91. The van der Waals surface area contributed by atoms with Gasteiger partial charge in [-0.25, -0.2) is 13.2 Å². The van der Waals surface area contributed by atoms with Gasteiger partial charge in [0.2, 0.25) is 5.91 Å². The summed E-state index contributed by atoms with van der Waals surface area (Å²) in [6.07, 6.45) is 0.248. The van der Waals surface area contributed by atoms with Crippen LogP contribution in [0.2, 0.25) is 0 Å². The molecular formula is C14H16N2O6S. The van der Waals surface area contributed by atoms with Crippen LogP contribution in [0.1, 0.15) is 27.1 Å². The van der Waals surface area contributed by atoms with Crippen molar-refractivity contribution in [1.29, 1.82) is 0 Å². The maximum atomic E-state index is 11.9. The molecule has 2 N–H and O–H groups in total. The van der Waals surface area contributed by atoms with E-state index in [0.717, 1.165) is 0 Å². The molecule has 1 aliphatic heterocycles. The molecule has 124 valence electrons. The molecule has 0 spiro atoms. The van der Waals surface area contributed by atoms with Crippen LogP contribution in [0.15, 0.2) is 24.3 Å². The first-order valence-electron chi connectivity index (χ1n) is 6.81. The number of sulfone groups is 1. The number of methoxy groups -OCH3 is 1. The van der Waals surface area contributed by atoms with Crippen LogP contribution in [-0.4, -0.2) is 44.8 Å². The molecule has 1 fully saturated rings. The van der Waals surface area contributed by atoms with Crippen LogP contribution in [0.25, 0.3) is 0 Å². The van der Waals surface area contributed by atoms with Crippen molar-refractivity contribution in [2.45, 2.75) is 6.42 Å². The first-order chi connectivity index (χ1) is 10.8. The van der Waals surface area contributed by atoms with Crippen LogP contribution < -0.4 is 10.9 Å². The lowest BCUT2D eigenvalue weighted by atomic mass is 10.1. The summed E-state index contributed by atoms with van der Waals surface area (Å²) in [7, 11) is -1.91. The summed E-state index contributed by atoms with van der Waals surface area (Å²) in [5, 5.41) is 0. The summed E-state index contributed by atoms with van der Waals surface area (Å²) < 4.78 is 27.2. The Balaban J connectivity index is 1.90. The topological polar surface area (TPSA) is 119 Å². The second-order valence-electron chi connectivity index (χ2n) is 5.11. The average Bonchev–Trinajstić information content (AvgIpc) is 2.91. The smallest absolute Gasteiger partial charge is 0.337 e. The minimum absolute atomic E-state index is 0.0198. The number of esters is 1. The molecule has 9 heteroatoms. The predicted molar refractivity (Wildman–Crippen MR) is 80.2 cm³/mol. The molecule has 8 nitrogen and oxygen atoms in total. The van der Waals surface area contributed by atoms with E-state index >= 15 is 0 Å². The van der Waals surface area contributed by atoms with Gasteiger partial charge in [-0.2, -0.15) is 0 Å². The molecule has 23 heavy (non-hydrogen) atoms. The summed E-state index contributed by atoms with van der Waals surface area (Å²) >= 11 is 0. The molecule has 0 aliphatic carbocycles. The van der Waals surface area contributed by atoms with E-state index in [1.807, 2.05) is 0 Å². The molecule has 0 bridgehead atoms. The van der Waals surface area contributed by atoms with E-state index in [1.165, 1.54) is 31.4 Å². The Morgan fingerprint density at radius 2 is 1.70 bits per heavy atom. The van der Waals surface area contributed by atoms with Gasteiger partial charge < -0.3 is 4.74 Å². The molecule has 1 atom stereocenters. The van der Waals surface area contributed by atoms with Crippen LogP contribution in [0.4, 0.5) is 0 Å². The summed E-state index contributed by atoms with van der Waals surface area (Å²) in [6.45, 7) is 0. The number of benzene rings is 1. The van der Waals surface area contributed by atoms with Crippen molar-refractivity contribution in [1.82, 2.24) is 10.9 Å². The zero-order chi connectivity index (χ0) is 17.0. The Kier molecular flexibility index (Phi) is 4.99. The van der Waals surface area contributed by atoms with Gasteiger partial charge in [0, 0.05) is 5.56 Å². The molecule has 1 aromatic rings. The number of rotatable bonds is 3. The SMILES string of the molecule is COC(=O)c1ccc(C(=O)NNC(=O)[C@@H]2CCS(=O)(=O)C2)cc1. The molecular weight excluding hydrogens is 324 g/mol. The van der Waals surface area contributed by atoms with E-state index in [4.69, 9.17) is 0 Å². The van der Waals surface area contributed by atoms with E-state index in [0.29, 0.717) is 5.56 Å². The summed E-state index contributed by atoms with van der Waals surface area (Å²) in [5.74, 6) is -2.51. The summed E-state index contributed by atoms with van der Waals surface area (Å²) in [4.78, 5) is 35.0. The van der Waals surface area contributed by atoms with E-state index in [9.17, 15) is 22.8 Å². The van der Waals surface area contributed by atoms with Gasteiger partial charge in [0.25, 0.3) is 5.91 Å². The van der Waals surface area contributed by atoms with Gasteiger partial charge in [0.1, 0.15) is 0 Å². The molecule has 1 heterocycles. The number of amides is 2. The van der Waals surface area contributed by atoms with E-state index in [-0.39, 0.29) is 23.5 Å². The Labute approximate surface area is 133 Å². The summed E-state index contributed by atoms with van der Waals surface area (Å²) in [5.41, 5.74) is 4.96. The molecule has 1 aliphatic rings. The third kappa shape index (κ3) is 4.28. The number of hydrogen-bond acceptors (Lipinski definition) is 6. The van der Waals surface area contributed by atoms with Crippen molar-refractivity contribution in [3.05, 3.63) is 35.4 Å². The van der Waals surface area contributed by atoms with Crippen molar-refractivity contribution in [2.75, 3.05) is 18.6 Å². The van der Waals surface area contributed by atoms with E-state index < -0.39 is 33.5 Å². The van der Waals surface area contributed by atoms with Gasteiger partial charge in [-0.15, -0.1) is 0 Å². The Morgan fingerprint density at radius 1 is 1.09 bits per heavy atom. The Hall–Kier alpha value is -2.42. The van der Waals surface area contributed by atoms with Gasteiger partial charge in [0.05, 0.1) is 30.1 Å². The lowest BCUT2D eigenvalue weighted by Crippen LogP contribution is -2.44. The Bertz CT molecular complexity index is 726. The molecule has 1 saturated heterocycles. The fraction of sp³-hybridized carbons (Fsp3) is 0.357. The normalized spacial score (nSPS) is 18.9. The second kappa shape index (κ2) is 6.78. The minimum Gasteiger partial charge on any atom is -0.465 e. The van der Waals surface area contributed by atoms with Gasteiger partial charge in [-0.3, -0.25) is 20.4 Å². The maximum Gasteiger partial charge on any atom is 0.337 e. The first-order valence-corrected chi connectivity index (χ1v) is 8.63. The van der Waals surface area contributed by atoms with Crippen molar-refractivity contribution < 1.29 is 27.5 Å². The molecule has 0 aromatic heterocycles. The van der Waals surface area contributed by atoms with Gasteiger partial charge in [-0.05, 0) is 30.7 Å². The lowest BCUT2D eigenvalue weighted by molar-refractivity contribution is -0.125. The highest BCUT2D eigenvalue weighted by Gasteiger charge is 2.33. The number of hydrogen-bond donors (Lipinski definition) is 2. The predicted octanol–water partition coefficient (Wildman–Crippen LogP) is -0.331. The maximum absolute atomic E-state index is 11.9.